The average Bonchev–Trinajstić information content (AvgIpc) is 2.79. The standard InChI is InChI=1S/C13H14FNOS/c1-2-10-4-5-11(17-10)8-15-9-3-6-13(16)12(14)7-9/h3-7,15-16H,2,8H2,1H3. The maximum Gasteiger partial charge on any atom is 0.166 e. The second-order valence-corrected chi connectivity index (χ2v) is 4.99. The number of aryl methyl sites for hydroxylation is 1. The van der Waals surface area contributed by atoms with Gasteiger partial charge in [0.2, 0.25) is 0 Å². The van der Waals surface area contributed by atoms with Crippen molar-refractivity contribution in [2.75, 3.05) is 5.32 Å². The van der Waals surface area contributed by atoms with Crippen molar-refractivity contribution in [1.29, 1.82) is 0 Å². The molecule has 4 heteroatoms. The van der Waals surface area contributed by atoms with E-state index in [1.165, 1.54) is 21.9 Å². The van der Waals surface area contributed by atoms with Gasteiger partial charge in [0.15, 0.2) is 11.6 Å². The largest absolute Gasteiger partial charge is 0.505 e. The number of benzene rings is 1. The number of thiophene rings is 1. The summed E-state index contributed by atoms with van der Waals surface area (Å²) >= 11 is 1.75. The first-order valence-corrected chi connectivity index (χ1v) is 6.30. The maximum atomic E-state index is 13.1. The van der Waals surface area contributed by atoms with Crippen LogP contribution >= 0.6 is 11.3 Å². The molecule has 0 spiro atoms. The zero-order chi connectivity index (χ0) is 12.3. The normalized spacial score (nSPS) is 10.5. The summed E-state index contributed by atoms with van der Waals surface area (Å²) in [7, 11) is 0. The summed E-state index contributed by atoms with van der Waals surface area (Å²) in [5.41, 5.74) is 0.673. The van der Waals surface area contributed by atoms with Gasteiger partial charge in [0.05, 0.1) is 0 Å². The summed E-state index contributed by atoms with van der Waals surface area (Å²) in [6, 6.07) is 8.49. The van der Waals surface area contributed by atoms with Gasteiger partial charge in [-0.3, -0.25) is 0 Å². The van der Waals surface area contributed by atoms with Gasteiger partial charge in [0.25, 0.3) is 0 Å². The van der Waals surface area contributed by atoms with Crippen LogP contribution in [0.5, 0.6) is 5.75 Å². The Morgan fingerprint density at radius 2 is 2.00 bits per heavy atom. The van der Waals surface area contributed by atoms with Crippen LogP contribution in [0.25, 0.3) is 0 Å². The number of rotatable bonds is 4. The molecule has 0 aliphatic heterocycles. The number of phenolic OH excluding ortho intramolecular Hbond substituents is 1. The van der Waals surface area contributed by atoms with Crippen LogP contribution in [0.3, 0.4) is 0 Å². The molecule has 17 heavy (non-hydrogen) atoms. The SMILES string of the molecule is CCc1ccc(CNc2ccc(O)c(F)c2)s1. The number of aromatic hydroxyl groups is 1. The molecular formula is C13H14FNOS. The molecule has 0 radical (unpaired) electrons. The number of halogens is 1. The average molecular weight is 251 g/mol. The van der Waals surface area contributed by atoms with E-state index in [0.29, 0.717) is 12.2 Å². The first-order valence-electron chi connectivity index (χ1n) is 5.49. The predicted molar refractivity (Wildman–Crippen MR) is 69.1 cm³/mol. The Morgan fingerprint density at radius 1 is 1.24 bits per heavy atom. The van der Waals surface area contributed by atoms with Crippen LogP contribution in [0.1, 0.15) is 16.7 Å². The van der Waals surface area contributed by atoms with Gasteiger partial charge in [-0.25, -0.2) is 4.39 Å². The van der Waals surface area contributed by atoms with Gasteiger partial charge in [-0.1, -0.05) is 6.92 Å². The van der Waals surface area contributed by atoms with E-state index in [2.05, 4.69) is 24.4 Å². The van der Waals surface area contributed by atoms with Crippen molar-refractivity contribution in [3.05, 3.63) is 45.9 Å². The molecule has 2 rings (SSSR count). The smallest absolute Gasteiger partial charge is 0.166 e. The Labute approximate surface area is 104 Å². The third kappa shape index (κ3) is 2.97. The van der Waals surface area contributed by atoms with Crippen molar-refractivity contribution in [1.82, 2.24) is 0 Å². The van der Waals surface area contributed by atoms with E-state index < -0.39 is 5.82 Å². The summed E-state index contributed by atoms with van der Waals surface area (Å²) in [6.45, 7) is 2.80. The predicted octanol–water partition coefficient (Wildman–Crippen LogP) is 3.77. The molecule has 2 nitrogen and oxygen atoms in total. The fraction of sp³-hybridized carbons (Fsp3) is 0.231. The molecule has 0 fully saturated rings. The molecule has 0 atom stereocenters. The molecule has 0 aliphatic carbocycles. The Morgan fingerprint density at radius 3 is 2.65 bits per heavy atom. The third-order valence-corrected chi connectivity index (χ3v) is 3.71. The molecule has 1 aromatic heterocycles. The highest BCUT2D eigenvalue weighted by Crippen LogP contribution is 2.21. The molecule has 0 amide bonds. The van der Waals surface area contributed by atoms with Crippen molar-refractivity contribution >= 4 is 17.0 Å². The Balaban J connectivity index is 1.99. The maximum absolute atomic E-state index is 13.1. The van der Waals surface area contributed by atoms with Crippen molar-refractivity contribution in [2.45, 2.75) is 19.9 Å². The molecule has 2 N–H and O–H groups in total. The lowest BCUT2D eigenvalue weighted by molar-refractivity contribution is 0.432. The monoisotopic (exact) mass is 251 g/mol. The van der Waals surface area contributed by atoms with E-state index >= 15 is 0 Å². The van der Waals surface area contributed by atoms with Crippen LogP contribution in [0.4, 0.5) is 10.1 Å². The molecule has 0 bridgehead atoms. The highest BCUT2D eigenvalue weighted by atomic mass is 32.1. The van der Waals surface area contributed by atoms with Crippen molar-refractivity contribution in [3.63, 3.8) is 0 Å². The highest BCUT2D eigenvalue weighted by Gasteiger charge is 2.02. The van der Waals surface area contributed by atoms with Crippen LogP contribution in [0.2, 0.25) is 0 Å². The molecule has 90 valence electrons. The van der Waals surface area contributed by atoms with Crippen LogP contribution in [-0.4, -0.2) is 5.11 Å². The van der Waals surface area contributed by atoms with Gasteiger partial charge in [0.1, 0.15) is 0 Å². The van der Waals surface area contributed by atoms with Crippen LogP contribution in [-0.2, 0) is 13.0 Å². The van der Waals surface area contributed by atoms with E-state index in [9.17, 15) is 4.39 Å². The summed E-state index contributed by atoms with van der Waals surface area (Å²) in [4.78, 5) is 2.56. The minimum atomic E-state index is -0.601. The number of hydrogen-bond donors (Lipinski definition) is 2. The molecule has 1 heterocycles. The van der Waals surface area contributed by atoms with E-state index in [-0.39, 0.29) is 5.75 Å². The summed E-state index contributed by atoms with van der Waals surface area (Å²) in [5, 5.41) is 12.2. The first-order chi connectivity index (χ1) is 8.19. The molecule has 0 unspecified atom stereocenters. The Hall–Kier alpha value is -1.55. The number of phenols is 1. The van der Waals surface area contributed by atoms with Gasteiger partial charge in [-0.05, 0) is 30.7 Å². The molecule has 0 saturated carbocycles. The minimum Gasteiger partial charge on any atom is -0.505 e. The lowest BCUT2D eigenvalue weighted by Gasteiger charge is -2.05. The fourth-order valence-corrected chi connectivity index (χ4v) is 2.41. The van der Waals surface area contributed by atoms with Gasteiger partial charge >= 0.3 is 0 Å². The van der Waals surface area contributed by atoms with Crippen LogP contribution < -0.4 is 5.32 Å². The van der Waals surface area contributed by atoms with E-state index in [1.54, 1.807) is 17.4 Å². The fourth-order valence-electron chi connectivity index (χ4n) is 1.51. The van der Waals surface area contributed by atoms with Crippen molar-refractivity contribution in [2.24, 2.45) is 0 Å². The number of anilines is 1. The minimum absolute atomic E-state index is 0.319. The molecule has 2 aromatic rings. The lowest BCUT2D eigenvalue weighted by Crippen LogP contribution is -1.97. The molecular weight excluding hydrogens is 237 g/mol. The first kappa shape index (κ1) is 11.9. The second-order valence-electron chi connectivity index (χ2n) is 3.74. The highest BCUT2D eigenvalue weighted by molar-refractivity contribution is 7.12. The Kier molecular flexibility index (Phi) is 3.64. The summed E-state index contributed by atoms with van der Waals surface area (Å²) < 4.78 is 13.1. The topological polar surface area (TPSA) is 32.3 Å². The molecule has 0 aliphatic rings. The summed E-state index contributed by atoms with van der Waals surface area (Å²) in [5.74, 6) is -0.921. The quantitative estimate of drug-likeness (QED) is 0.811. The van der Waals surface area contributed by atoms with Crippen molar-refractivity contribution in [3.8, 4) is 5.75 Å². The third-order valence-electron chi connectivity index (χ3n) is 2.48. The zero-order valence-corrected chi connectivity index (χ0v) is 10.4. The van der Waals surface area contributed by atoms with Crippen LogP contribution in [0, 0.1) is 5.82 Å². The number of nitrogens with one attached hydrogen (secondary N) is 1. The van der Waals surface area contributed by atoms with E-state index in [1.807, 2.05) is 0 Å². The second kappa shape index (κ2) is 5.19. The Bertz CT molecular complexity index is 510. The zero-order valence-electron chi connectivity index (χ0n) is 9.53. The van der Waals surface area contributed by atoms with Gasteiger partial charge < -0.3 is 10.4 Å². The number of hydrogen-bond acceptors (Lipinski definition) is 3. The van der Waals surface area contributed by atoms with Crippen molar-refractivity contribution < 1.29 is 9.50 Å². The molecule has 0 saturated heterocycles. The van der Waals surface area contributed by atoms with Gasteiger partial charge in [0, 0.05) is 28.1 Å². The van der Waals surface area contributed by atoms with E-state index in [0.717, 1.165) is 6.42 Å². The molecule has 1 aromatic carbocycles. The lowest BCUT2D eigenvalue weighted by atomic mass is 10.3. The summed E-state index contributed by atoms with van der Waals surface area (Å²) in [6.07, 6.45) is 1.04. The van der Waals surface area contributed by atoms with Gasteiger partial charge in [-0.2, -0.15) is 0 Å². The van der Waals surface area contributed by atoms with E-state index in [4.69, 9.17) is 5.11 Å². The van der Waals surface area contributed by atoms with Crippen LogP contribution in [0.15, 0.2) is 30.3 Å². The van der Waals surface area contributed by atoms with Gasteiger partial charge in [-0.15, -0.1) is 11.3 Å².